The van der Waals surface area contributed by atoms with Gasteiger partial charge in [0.25, 0.3) is 0 Å². The summed E-state index contributed by atoms with van der Waals surface area (Å²) >= 11 is 0. The summed E-state index contributed by atoms with van der Waals surface area (Å²) in [7, 11) is 0. The second kappa shape index (κ2) is 16.5. The maximum absolute atomic E-state index is 2.55. The van der Waals surface area contributed by atoms with Crippen LogP contribution in [0.3, 0.4) is 0 Å². The predicted octanol–water partition coefficient (Wildman–Crippen LogP) is 18.6. The molecule has 4 aliphatic rings. The fourth-order valence-corrected chi connectivity index (χ4v) is 13.8. The van der Waals surface area contributed by atoms with Crippen molar-refractivity contribution < 1.29 is 0 Å². The predicted molar refractivity (Wildman–Crippen MR) is 294 cm³/mol. The zero-order valence-electron chi connectivity index (χ0n) is 41.1. The summed E-state index contributed by atoms with van der Waals surface area (Å²) in [6, 6.07) is 79.1. The van der Waals surface area contributed by atoms with E-state index in [2.05, 4.69) is 239 Å². The lowest BCUT2D eigenvalue weighted by molar-refractivity contribution is 0.455. The summed E-state index contributed by atoms with van der Waals surface area (Å²) in [5.41, 5.74) is 25.7. The Morgan fingerprint density at radius 2 is 0.843 bits per heavy atom. The highest BCUT2D eigenvalue weighted by Crippen LogP contribution is 2.59. The Labute approximate surface area is 415 Å². The van der Waals surface area contributed by atoms with Crippen molar-refractivity contribution in [2.45, 2.75) is 94.8 Å². The number of rotatable bonds is 7. The van der Waals surface area contributed by atoms with Crippen molar-refractivity contribution in [3.63, 3.8) is 0 Å². The molecule has 0 saturated heterocycles. The first-order valence-electron chi connectivity index (χ1n) is 26.0. The molecule has 1 saturated carbocycles. The molecule has 0 atom stereocenters. The Morgan fingerprint density at radius 3 is 1.51 bits per heavy atom. The van der Waals surface area contributed by atoms with Gasteiger partial charge in [-0.1, -0.05) is 224 Å². The fraction of sp³-hybridized carbons (Fsp3) is 0.217. The van der Waals surface area contributed by atoms with Crippen LogP contribution in [0.1, 0.15) is 129 Å². The van der Waals surface area contributed by atoms with E-state index in [1.165, 1.54) is 157 Å². The molecule has 0 bridgehead atoms. The summed E-state index contributed by atoms with van der Waals surface area (Å²) in [5, 5.41) is 0. The smallest absolute Gasteiger partial charge is 0.0714 e. The minimum Gasteiger partial charge on any atom is -0.310 e. The summed E-state index contributed by atoms with van der Waals surface area (Å²) in [4.78, 5) is 2.55. The van der Waals surface area contributed by atoms with Crippen LogP contribution in [-0.2, 0) is 16.2 Å². The van der Waals surface area contributed by atoms with Crippen molar-refractivity contribution in [3.05, 3.63) is 256 Å². The van der Waals surface area contributed by atoms with E-state index >= 15 is 0 Å². The molecule has 0 aromatic heterocycles. The van der Waals surface area contributed by atoms with Gasteiger partial charge in [-0.05, 0) is 156 Å². The van der Waals surface area contributed by atoms with Crippen LogP contribution in [0.5, 0.6) is 0 Å². The molecule has 0 N–H and O–H groups in total. The van der Waals surface area contributed by atoms with Gasteiger partial charge in [0.05, 0.1) is 5.41 Å². The van der Waals surface area contributed by atoms with Crippen molar-refractivity contribution >= 4 is 17.1 Å². The van der Waals surface area contributed by atoms with Crippen molar-refractivity contribution in [1.29, 1.82) is 0 Å². The molecule has 13 rings (SSSR count). The molecule has 0 amide bonds. The second-order valence-corrected chi connectivity index (χ2v) is 21.7. The van der Waals surface area contributed by atoms with Gasteiger partial charge >= 0.3 is 0 Å². The molecule has 1 heteroatoms. The van der Waals surface area contributed by atoms with Crippen LogP contribution in [0.2, 0.25) is 0 Å². The lowest BCUT2D eigenvalue weighted by Crippen LogP contribution is -2.28. The number of hydrogen-bond donors (Lipinski definition) is 0. The van der Waals surface area contributed by atoms with Crippen molar-refractivity contribution in [3.8, 4) is 44.5 Å². The van der Waals surface area contributed by atoms with Gasteiger partial charge in [0.15, 0.2) is 0 Å². The standard InChI is InChI=1S/C69H61N/c1-67(2)62-42-35-48(54-29-20-30-59-56-28-16-18-31-61(56)68(3,4)66(54)59)43-60(62)58-41-39-52(44-64(58)67)70(51-36-33-47(34-37-51)46-21-10-6-5-7-11-22-46)53-38-40-57-55-27-17-19-32-63(55)69(65(57)45-53,49-23-12-8-13-24-49)50-25-14-9-15-26-50/h8-9,12-20,23-46H,5-7,10-11,21-22H2,1-4H3. The number of nitrogens with zero attached hydrogens (tertiary/aromatic N) is 1. The summed E-state index contributed by atoms with van der Waals surface area (Å²) in [6.45, 7) is 9.65. The van der Waals surface area contributed by atoms with Crippen molar-refractivity contribution in [2.24, 2.45) is 0 Å². The average molecular weight is 904 g/mol. The van der Waals surface area contributed by atoms with Gasteiger partial charge in [0.1, 0.15) is 0 Å². The van der Waals surface area contributed by atoms with Crippen LogP contribution in [0.4, 0.5) is 17.1 Å². The Kier molecular flexibility index (Phi) is 10.1. The third-order valence-corrected chi connectivity index (χ3v) is 17.2. The quantitative estimate of drug-likeness (QED) is 0.154. The third kappa shape index (κ3) is 6.43. The van der Waals surface area contributed by atoms with Gasteiger partial charge in [0.2, 0.25) is 0 Å². The first-order chi connectivity index (χ1) is 34.2. The van der Waals surface area contributed by atoms with Crippen LogP contribution >= 0.6 is 0 Å². The normalized spacial score (nSPS) is 16.7. The van der Waals surface area contributed by atoms with E-state index in [1.807, 2.05) is 0 Å². The molecular weight excluding hydrogens is 843 g/mol. The molecule has 0 heterocycles. The summed E-state index contributed by atoms with van der Waals surface area (Å²) in [6.07, 6.45) is 9.34. The Balaban J connectivity index is 0.971. The van der Waals surface area contributed by atoms with E-state index in [9.17, 15) is 0 Å². The molecule has 0 radical (unpaired) electrons. The maximum atomic E-state index is 2.55. The lowest BCUT2D eigenvalue weighted by Gasteiger charge is -2.35. The van der Waals surface area contributed by atoms with E-state index in [0.29, 0.717) is 5.92 Å². The Morgan fingerprint density at radius 1 is 0.343 bits per heavy atom. The number of anilines is 3. The van der Waals surface area contributed by atoms with Crippen LogP contribution < -0.4 is 4.90 Å². The largest absolute Gasteiger partial charge is 0.310 e. The summed E-state index contributed by atoms with van der Waals surface area (Å²) in [5.74, 6) is 0.626. The van der Waals surface area contributed by atoms with Gasteiger partial charge < -0.3 is 4.90 Å². The van der Waals surface area contributed by atoms with E-state index in [4.69, 9.17) is 0 Å². The second-order valence-electron chi connectivity index (χ2n) is 21.7. The van der Waals surface area contributed by atoms with Gasteiger partial charge in [-0.25, -0.2) is 0 Å². The topological polar surface area (TPSA) is 3.24 Å². The van der Waals surface area contributed by atoms with Crippen LogP contribution in [0.25, 0.3) is 44.5 Å². The summed E-state index contributed by atoms with van der Waals surface area (Å²) < 4.78 is 0. The van der Waals surface area contributed by atoms with Gasteiger partial charge in [-0.2, -0.15) is 0 Å². The molecule has 342 valence electrons. The SMILES string of the molecule is CC1(C)c2ccc(-c3cccc4c3C(C)(C)c3ccccc3-4)cc2-c2ccc(N(c3ccc(C4CCCCCCC4)cc3)c3ccc4c(c3)C(c3ccccc3)(c3ccccc3)c3ccccc3-4)cc21. The van der Waals surface area contributed by atoms with Gasteiger partial charge in [0, 0.05) is 27.9 Å². The maximum Gasteiger partial charge on any atom is 0.0714 e. The fourth-order valence-electron chi connectivity index (χ4n) is 13.8. The van der Waals surface area contributed by atoms with E-state index in [1.54, 1.807) is 0 Å². The van der Waals surface area contributed by atoms with Crippen LogP contribution in [0, 0.1) is 0 Å². The molecule has 9 aromatic carbocycles. The molecule has 70 heavy (non-hydrogen) atoms. The Bertz CT molecular complexity index is 3420. The highest BCUT2D eigenvalue weighted by atomic mass is 15.1. The third-order valence-electron chi connectivity index (χ3n) is 17.2. The van der Waals surface area contributed by atoms with Gasteiger partial charge in [-0.3, -0.25) is 0 Å². The highest BCUT2D eigenvalue weighted by Gasteiger charge is 2.47. The van der Waals surface area contributed by atoms with Crippen molar-refractivity contribution in [1.82, 2.24) is 0 Å². The molecule has 1 nitrogen and oxygen atoms in total. The van der Waals surface area contributed by atoms with Crippen molar-refractivity contribution in [2.75, 3.05) is 4.90 Å². The Hall–Kier alpha value is -7.22. The molecule has 0 aliphatic heterocycles. The molecule has 4 aliphatic carbocycles. The lowest BCUT2D eigenvalue weighted by atomic mass is 9.67. The zero-order chi connectivity index (χ0) is 47.2. The molecule has 1 fully saturated rings. The molecule has 9 aromatic rings. The minimum atomic E-state index is -0.492. The van der Waals surface area contributed by atoms with E-state index < -0.39 is 5.41 Å². The first-order valence-corrected chi connectivity index (χ1v) is 26.0. The first kappa shape index (κ1) is 42.8. The average Bonchev–Trinajstić information content (AvgIpc) is 3.91. The highest BCUT2D eigenvalue weighted by molar-refractivity contribution is 5.93. The molecular formula is C69H61N. The number of fused-ring (bicyclic) bond motifs is 9. The molecule has 0 unspecified atom stereocenters. The molecule has 0 spiro atoms. The zero-order valence-corrected chi connectivity index (χ0v) is 41.1. The monoisotopic (exact) mass is 903 g/mol. The van der Waals surface area contributed by atoms with Gasteiger partial charge in [-0.15, -0.1) is 0 Å². The van der Waals surface area contributed by atoms with Crippen LogP contribution in [0.15, 0.2) is 206 Å². The van der Waals surface area contributed by atoms with E-state index in [0.717, 1.165) is 0 Å². The number of benzene rings is 9. The minimum absolute atomic E-state index is 0.0907. The van der Waals surface area contributed by atoms with Crippen LogP contribution in [-0.4, -0.2) is 0 Å². The number of hydrogen-bond acceptors (Lipinski definition) is 1. The van der Waals surface area contributed by atoms with E-state index in [-0.39, 0.29) is 10.8 Å².